The highest BCUT2D eigenvalue weighted by Crippen LogP contribution is 2.30. The number of nitrogens with two attached hydrogens (primary N) is 1. The molecule has 1 aromatic carbocycles. The number of aromatic nitrogens is 2. The third-order valence-corrected chi connectivity index (χ3v) is 4.25. The topological polar surface area (TPSA) is 87.2 Å². The average Bonchev–Trinajstić information content (AvgIpc) is 2.77. The third kappa shape index (κ3) is 4.02. The summed E-state index contributed by atoms with van der Waals surface area (Å²) in [5.41, 5.74) is 0.982. The third-order valence-electron chi connectivity index (χ3n) is 2.70. The summed E-state index contributed by atoms with van der Waals surface area (Å²) in [6.07, 6.45) is 4.16. The van der Waals surface area contributed by atoms with Crippen molar-refractivity contribution in [3.05, 3.63) is 40.4 Å². The molecule has 0 atom stereocenters. The molecule has 114 valence electrons. The lowest BCUT2D eigenvalue weighted by atomic mass is 10.3. The lowest BCUT2D eigenvalue weighted by Crippen LogP contribution is -2.14. The Hall–Kier alpha value is -1.45. The van der Waals surface area contributed by atoms with Crippen LogP contribution in [0.2, 0.25) is 0 Å². The van der Waals surface area contributed by atoms with Crippen LogP contribution >= 0.6 is 15.9 Å². The molecule has 0 bridgehead atoms. The van der Waals surface area contributed by atoms with Gasteiger partial charge in [0.1, 0.15) is 16.5 Å². The first-order valence-corrected chi connectivity index (χ1v) is 8.23. The van der Waals surface area contributed by atoms with Crippen LogP contribution in [0.3, 0.4) is 0 Å². The largest absolute Gasteiger partial charge is 0.492 e. The molecule has 0 aliphatic heterocycles. The predicted octanol–water partition coefficient (Wildman–Crippen LogP) is 1.59. The van der Waals surface area contributed by atoms with Gasteiger partial charge in [0.15, 0.2) is 0 Å². The molecule has 0 fully saturated rings. The van der Waals surface area contributed by atoms with E-state index < -0.39 is 20.7 Å². The predicted molar refractivity (Wildman–Crippen MR) is 77.9 cm³/mol. The number of primary sulfonamides is 1. The van der Waals surface area contributed by atoms with Gasteiger partial charge in [0, 0.05) is 25.7 Å². The normalized spacial score (nSPS) is 11.6. The minimum atomic E-state index is -4.11. The maximum absolute atomic E-state index is 13.7. The van der Waals surface area contributed by atoms with E-state index in [1.165, 1.54) is 0 Å². The summed E-state index contributed by atoms with van der Waals surface area (Å²) in [7, 11) is -2.30. The van der Waals surface area contributed by atoms with E-state index in [1.807, 2.05) is 13.2 Å². The van der Waals surface area contributed by atoms with Crippen LogP contribution in [0.15, 0.2) is 33.9 Å². The van der Waals surface area contributed by atoms with E-state index in [1.54, 1.807) is 10.9 Å². The first-order valence-electron chi connectivity index (χ1n) is 5.89. The molecule has 0 saturated heterocycles. The summed E-state index contributed by atoms with van der Waals surface area (Å²) in [5, 5.41) is 8.94. The maximum atomic E-state index is 13.7. The van der Waals surface area contributed by atoms with Gasteiger partial charge in [-0.2, -0.15) is 5.10 Å². The van der Waals surface area contributed by atoms with E-state index in [9.17, 15) is 12.8 Å². The van der Waals surface area contributed by atoms with Gasteiger partial charge in [0.25, 0.3) is 0 Å². The van der Waals surface area contributed by atoms with Crippen LogP contribution in [-0.4, -0.2) is 24.8 Å². The zero-order chi connectivity index (χ0) is 15.6. The van der Waals surface area contributed by atoms with Crippen LogP contribution in [0.4, 0.5) is 4.39 Å². The smallest absolute Gasteiger partial charge is 0.241 e. The van der Waals surface area contributed by atoms with Crippen LogP contribution in [0.25, 0.3) is 0 Å². The Labute approximate surface area is 129 Å². The molecule has 6 nitrogen and oxygen atoms in total. The lowest BCUT2D eigenvalue weighted by molar-refractivity contribution is 0.317. The molecule has 1 aromatic heterocycles. The Morgan fingerprint density at radius 3 is 2.76 bits per heavy atom. The minimum Gasteiger partial charge on any atom is -0.492 e. The number of sulfonamides is 1. The van der Waals surface area contributed by atoms with Crippen LogP contribution in [0.5, 0.6) is 5.75 Å². The fourth-order valence-electron chi connectivity index (χ4n) is 1.72. The van der Waals surface area contributed by atoms with Gasteiger partial charge >= 0.3 is 0 Å². The van der Waals surface area contributed by atoms with Crippen molar-refractivity contribution in [2.45, 2.75) is 11.3 Å². The van der Waals surface area contributed by atoms with Gasteiger partial charge < -0.3 is 4.74 Å². The van der Waals surface area contributed by atoms with Crippen molar-refractivity contribution in [3.8, 4) is 5.75 Å². The van der Waals surface area contributed by atoms with Gasteiger partial charge in [0.2, 0.25) is 10.0 Å². The van der Waals surface area contributed by atoms with Crippen LogP contribution in [0, 0.1) is 5.82 Å². The van der Waals surface area contributed by atoms with E-state index in [-0.39, 0.29) is 5.75 Å². The van der Waals surface area contributed by atoms with Crippen molar-refractivity contribution in [1.29, 1.82) is 0 Å². The Morgan fingerprint density at radius 1 is 1.48 bits per heavy atom. The average molecular weight is 378 g/mol. The monoisotopic (exact) mass is 377 g/mol. The van der Waals surface area contributed by atoms with E-state index >= 15 is 0 Å². The van der Waals surface area contributed by atoms with E-state index in [2.05, 4.69) is 21.0 Å². The van der Waals surface area contributed by atoms with Crippen molar-refractivity contribution in [3.63, 3.8) is 0 Å². The van der Waals surface area contributed by atoms with E-state index in [0.29, 0.717) is 17.5 Å². The number of ether oxygens (including phenoxy) is 1. The van der Waals surface area contributed by atoms with Crippen LogP contribution in [0.1, 0.15) is 5.56 Å². The quantitative estimate of drug-likeness (QED) is 0.856. The van der Waals surface area contributed by atoms with Crippen molar-refractivity contribution < 1.29 is 17.5 Å². The molecule has 21 heavy (non-hydrogen) atoms. The molecule has 0 unspecified atom stereocenters. The summed E-state index contributed by atoms with van der Waals surface area (Å²) in [6, 6.07) is 2.08. The highest BCUT2D eigenvalue weighted by atomic mass is 79.9. The van der Waals surface area contributed by atoms with E-state index in [4.69, 9.17) is 9.88 Å². The summed E-state index contributed by atoms with van der Waals surface area (Å²) in [5.74, 6) is -0.735. The zero-order valence-electron chi connectivity index (χ0n) is 11.1. The molecule has 0 spiro atoms. The molecule has 0 saturated carbocycles. The number of hydrogen-bond donors (Lipinski definition) is 1. The second-order valence-corrected chi connectivity index (χ2v) is 6.76. The molecule has 0 amide bonds. The molecule has 2 rings (SSSR count). The molecular weight excluding hydrogens is 365 g/mol. The zero-order valence-corrected chi connectivity index (χ0v) is 13.5. The van der Waals surface area contributed by atoms with Crippen LogP contribution < -0.4 is 9.88 Å². The molecule has 2 N–H and O–H groups in total. The second kappa shape index (κ2) is 6.12. The van der Waals surface area contributed by atoms with Gasteiger partial charge in [-0.1, -0.05) is 0 Å². The molecule has 1 heterocycles. The van der Waals surface area contributed by atoms with Crippen molar-refractivity contribution in [2.24, 2.45) is 12.2 Å². The SMILES string of the molecule is Cn1cc(CCOc2cc(F)c(S(N)(=O)=O)cc2Br)cn1. The van der Waals surface area contributed by atoms with Gasteiger partial charge in [-0.25, -0.2) is 17.9 Å². The van der Waals surface area contributed by atoms with Gasteiger partial charge in [-0.05, 0) is 27.6 Å². The van der Waals surface area contributed by atoms with Crippen molar-refractivity contribution in [2.75, 3.05) is 6.61 Å². The highest BCUT2D eigenvalue weighted by Gasteiger charge is 2.17. The minimum absolute atomic E-state index is 0.212. The van der Waals surface area contributed by atoms with Gasteiger partial charge in [-0.3, -0.25) is 4.68 Å². The molecule has 2 aromatic rings. The first-order chi connectivity index (χ1) is 9.77. The van der Waals surface area contributed by atoms with Gasteiger partial charge in [-0.15, -0.1) is 0 Å². The summed E-state index contributed by atoms with van der Waals surface area (Å²) in [6.45, 7) is 0.304. The number of hydrogen-bond acceptors (Lipinski definition) is 4. The standard InChI is InChI=1S/C12H13BrFN3O3S/c1-17-7-8(6-16-17)2-3-20-11-5-10(14)12(4-9(11)13)21(15,18)19/h4-7H,2-3H2,1H3,(H2,15,18,19). The van der Waals surface area contributed by atoms with Gasteiger partial charge in [0.05, 0.1) is 17.3 Å². The van der Waals surface area contributed by atoms with Crippen molar-refractivity contribution >= 4 is 26.0 Å². The number of halogens is 2. The molecule has 0 aliphatic carbocycles. The van der Waals surface area contributed by atoms with E-state index in [0.717, 1.165) is 17.7 Å². The second-order valence-electron chi connectivity index (χ2n) is 4.38. The first kappa shape index (κ1) is 15.9. The van der Waals surface area contributed by atoms with Crippen molar-refractivity contribution in [1.82, 2.24) is 9.78 Å². The fraction of sp³-hybridized carbons (Fsp3) is 0.250. The Balaban J connectivity index is 2.09. The summed E-state index contributed by atoms with van der Waals surface area (Å²) < 4.78 is 43.5. The number of aryl methyl sites for hydroxylation is 1. The Kier molecular flexibility index (Phi) is 4.64. The fourth-order valence-corrected chi connectivity index (χ4v) is 2.94. The number of rotatable bonds is 5. The number of nitrogens with zero attached hydrogens (tertiary/aromatic N) is 2. The number of benzene rings is 1. The highest BCUT2D eigenvalue weighted by molar-refractivity contribution is 9.10. The van der Waals surface area contributed by atoms with Crippen LogP contribution in [-0.2, 0) is 23.5 Å². The Morgan fingerprint density at radius 2 is 2.19 bits per heavy atom. The molecule has 9 heteroatoms. The maximum Gasteiger partial charge on any atom is 0.241 e. The summed E-state index contributed by atoms with van der Waals surface area (Å²) >= 11 is 3.14. The Bertz CT molecular complexity index is 761. The molecular formula is C12H13BrFN3O3S. The summed E-state index contributed by atoms with van der Waals surface area (Å²) in [4.78, 5) is -0.575. The molecule has 0 radical (unpaired) electrons. The lowest BCUT2D eigenvalue weighted by Gasteiger charge is -2.09. The molecule has 0 aliphatic rings.